The van der Waals surface area contributed by atoms with Crippen molar-refractivity contribution in [3.63, 3.8) is 0 Å². The summed E-state index contributed by atoms with van der Waals surface area (Å²) in [5, 5.41) is 12.2. The van der Waals surface area contributed by atoms with Gasteiger partial charge >= 0.3 is 5.97 Å². The summed E-state index contributed by atoms with van der Waals surface area (Å²) in [6, 6.07) is 21.9. The lowest BCUT2D eigenvalue weighted by molar-refractivity contribution is -0.142. The Morgan fingerprint density at radius 3 is 1.67 bits per heavy atom. The zero-order chi connectivity index (χ0) is 23.4. The Morgan fingerprint density at radius 2 is 1.18 bits per heavy atom. The molecule has 4 rings (SSSR count). The smallest absolute Gasteiger partial charge is 0.326 e. The van der Waals surface area contributed by atoms with Crippen molar-refractivity contribution in [2.75, 3.05) is 0 Å². The highest BCUT2D eigenvalue weighted by Crippen LogP contribution is 2.26. The summed E-state index contributed by atoms with van der Waals surface area (Å²) in [5.41, 5.74) is 1.94. The van der Waals surface area contributed by atoms with E-state index in [2.05, 4.69) is 5.32 Å². The van der Waals surface area contributed by atoms with Gasteiger partial charge in [-0.15, -0.1) is 0 Å². The van der Waals surface area contributed by atoms with E-state index in [0.717, 1.165) is 16.0 Å². The summed E-state index contributed by atoms with van der Waals surface area (Å²) in [6.45, 7) is 0. The van der Waals surface area contributed by atoms with Crippen LogP contribution >= 0.6 is 0 Å². The third kappa shape index (κ3) is 4.67. The van der Waals surface area contributed by atoms with Crippen LogP contribution in [-0.2, 0) is 22.4 Å². The van der Waals surface area contributed by atoms with Gasteiger partial charge in [0.15, 0.2) is 0 Å². The number of aliphatic carboxylic acids is 1. The minimum atomic E-state index is -1.21. The number of amides is 3. The average Bonchev–Trinajstić information content (AvgIpc) is 3.08. The molecule has 2 atom stereocenters. The average molecular weight is 442 g/mol. The Hall–Kier alpha value is -4.26. The molecule has 0 bridgehead atoms. The molecular weight excluding hydrogens is 420 g/mol. The number of imide groups is 1. The molecule has 166 valence electrons. The van der Waals surface area contributed by atoms with Gasteiger partial charge in [0, 0.05) is 12.8 Å². The first-order valence-electron chi connectivity index (χ1n) is 10.5. The third-order valence-electron chi connectivity index (χ3n) is 5.61. The fourth-order valence-corrected chi connectivity index (χ4v) is 3.95. The lowest BCUT2D eigenvalue weighted by Crippen LogP contribution is -2.54. The number of carboxylic acid groups (broad SMARTS) is 1. The van der Waals surface area contributed by atoms with Crippen LogP contribution in [0.3, 0.4) is 0 Å². The summed E-state index contributed by atoms with van der Waals surface area (Å²) >= 11 is 0. The van der Waals surface area contributed by atoms with E-state index in [-0.39, 0.29) is 24.0 Å². The third-order valence-corrected chi connectivity index (χ3v) is 5.61. The Kier molecular flexibility index (Phi) is 6.31. The number of fused-ring (bicyclic) bond motifs is 1. The summed E-state index contributed by atoms with van der Waals surface area (Å²) in [7, 11) is 0. The van der Waals surface area contributed by atoms with Crippen LogP contribution in [0, 0.1) is 0 Å². The highest BCUT2D eigenvalue weighted by atomic mass is 16.4. The van der Waals surface area contributed by atoms with Gasteiger partial charge in [-0.2, -0.15) is 0 Å². The maximum Gasteiger partial charge on any atom is 0.326 e. The van der Waals surface area contributed by atoms with Crippen LogP contribution in [0.25, 0.3) is 0 Å². The topological polar surface area (TPSA) is 104 Å². The van der Waals surface area contributed by atoms with E-state index in [1.54, 1.807) is 72.8 Å². The summed E-state index contributed by atoms with van der Waals surface area (Å²) in [6.07, 6.45) is 0.137. The molecule has 0 aromatic heterocycles. The van der Waals surface area contributed by atoms with E-state index in [1.165, 1.54) is 0 Å². The molecule has 3 aromatic carbocycles. The normalized spacial score (nSPS) is 14.5. The summed E-state index contributed by atoms with van der Waals surface area (Å²) < 4.78 is 0. The van der Waals surface area contributed by atoms with Gasteiger partial charge in [-0.1, -0.05) is 72.8 Å². The number of nitrogens with one attached hydrogen (secondary N) is 1. The van der Waals surface area contributed by atoms with Crippen molar-refractivity contribution in [2.45, 2.75) is 24.9 Å². The number of rotatable bonds is 8. The van der Waals surface area contributed by atoms with E-state index < -0.39 is 35.8 Å². The quantitative estimate of drug-likeness (QED) is 0.522. The number of hydrogen-bond acceptors (Lipinski definition) is 4. The first-order valence-corrected chi connectivity index (χ1v) is 10.5. The number of carbonyl (C=O) groups is 4. The molecule has 0 fully saturated rings. The minimum Gasteiger partial charge on any atom is -0.480 e. The molecule has 7 heteroatoms. The van der Waals surface area contributed by atoms with Gasteiger partial charge in [0.2, 0.25) is 5.91 Å². The van der Waals surface area contributed by atoms with Crippen LogP contribution in [0.1, 0.15) is 31.8 Å². The van der Waals surface area contributed by atoms with Crippen LogP contribution in [-0.4, -0.2) is 45.8 Å². The molecule has 0 aliphatic carbocycles. The second-order valence-corrected chi connectivity index (χ2v) is 7.82. The molecule has 33 heavy (non-hydrogen) atoms. The Bertz CT molecular complexity index is 1160. The van der Waals surface area contributed by atoms with Crippen LogP contribution in [0.5, 0.6) is 0 Å². The number of hydrogen-bond donors (Lipinski definition) is 2. The zero-order valence-corrected chi connectivity index (χ0v) is 17.7. The van der Waals surface area contributed by atoms with Crippen LogP contribution in [0.15, 0.2) is 84.9 Å². The van der Waals surface area contributed by atoms with E-state index in [0.29, 0.717) is 0 Å². The fourth-order valence-electron chi connectivity index (χ4n) is 3.95. The molecule has 1 aliphatic rings. The standard InChI is InChI=1S/C26H22N2O5/c29-23(27-21(26(32)33)15-17-9-3-1-4-10-17)22(16-18-11-5-2-6-12-18)28-24(30)19-13-7-8-14-20(19)25(28)31/h1-14,21-22H,15-16H2,(H,27,29)(H,32,33)/t21-,22-/m0/s1. The van der Waals surface area contributed by atoms with E-state index >= 15 is 0 Å². The van der Waals surface area contributed by atoms with Gasteiger partial charge in [0.25, 0.3) is 11.8 Å². The molecule has 0 spiro atoms. The van der Waals surface area contributed by atoms with Gasteiger partial charge in [0.05, 0.1) is 11.1 Å². The van der Waals surface area contributed by atoms with Crippen molar-refractivity contribution in [1.82, 2.24) is 10.2 Å². The van der Waals surface area contributed by atoms with Crippen molar-refractivity contribution in [1.29, 1.82) is 0 Å². The van der Waals surface area contributed by atoms with Crippen molar-refractivity contribution in [3.8, 4) is 0 Å². The zero-order valence-electron chi connectivity index (χ0n) is 17.7. The first kappa shape index (κ1) is 22.0. The highest BCUT2D eigenvalue weighted by Gasteiger charge is 2.43. The maximum atomic E-state index is 13.4. The Morgan fingerprint density at radius 1 is 0.727 bits per heavy atom. The van der Waals surface area contributed by atoms with E-state index in [9.17, 15) is 24.3 Å². The predicted octanol–water partition coefficient (Wildman–Crippen LogP) is 2.71. The van der Waals surface area contributed by atoms with Crippen molar-refractivity contribution in [2.24, 2.45) is 0 Å². The number of carbonyl (C=O) groups excluding carboxylic acids is 3. The van der Waals surface area contributed by atoms with Gasteiger partial charge in [-0.25, -0.2) is 4.79 Å². The van der Waals surface area contributed by atoms with Crippen LogP contribution in [0.2, 0.25) is 0 Å². The largest absolute Gasteiger partial charge is 0.480 e. The molecule has 3 aromatic rings. The van der Waals surface area contributed by atoms with Gasteiger partial charge < -0.3 is 10.4 Å². The lowest BCUT2D eigenvalue weighted by atomic mass is 10.0. The van der Waals surface area contributed by atoms with Crippen molar-refractivity contribution >= 4 is 23.7 Å². The SMILES string of the molecule is O=C(O)[C@H](Cc1ccccc1)NC(=O)[C@H](Cc1ccccc1)N1C(=O)c2ccccc2C1=O. The Labute approximate surface area is 190 Å². The molecule has 0 saturated carbocycles. The maximum absolute atomic E-state index is 13.4. The van der Waals surface area contributed by atoms with E-state index in [4.69, 9.17) is 0 Å². The van der Waals surface area contributed by atoms with Crippen LogP contribution < -0.4 is 5.32 Å². The first-order chi connectivity index (χ1) is 16.0. The Balaban J connectivity index is 1.63. The number of benzene rings is 3. The highest BCUT2D eigenvalue weighted by molar-refractivity contribution is 6.22. The molecular formula is C26H22N2O5. The van der Waals surface area contributed by atoms with Crippen LogP contribution in [0.4, 0.5) is 0 Å². The second kappa shape index (κ2) is 9.48. The minimum absolute atomic E-state index is 0.0653. The van der Waals surface area contributed by atoms with Gasteiger partial charge in [-0.05, 0) is 23.3 Å². The van der Waals surface area contributed by atoms with Gasteiger partial charge in [0.1, 0.15) is 12.1 Å². The predicted molar refractivity (Wildman–Crippen MR) is 121 cm³/mol. The summed E-state index contributed by atoms with van der Waals surface area (Å²) in [5.74, 6) is -3.03. The second-order valence-electron chi connectivity index (χ2n) is 7.82. The molecule has 3 amide bonds. The fraction of sp³-hybridized carbons (Fsp3) is 0.154. The molecule has 1 heterocycles. The molecule has 1 aliphatic heterocycles. The molecule has 0 unspecified atom stereocenters. The molecule has 2 N–H and O–H groups in total. The van der Waals surface area contributed by atoms with Crippen molar-refractivity contribution in [3.05, 3.63) is 107 Å². The molecule has 0 saturated heterocycles. The number of carboxylic acids is 1. The molecule has 7 nitrogen and oxygen atoms in total. The van der Waals surface area contributed by atoms with Crippen molar-refractivity contribution < 1.29 is 24.3 Å². The molecule has 0 radical (unpaired) electrons. The van der Waals surface area contributed by atoms with E-state index in [1.807, 2.05) is 12.1 Å². The van der Waals surface area contributed by atoms with Gasteiger partial charge in [-0.3, -0.25) is 19.3 Å². The summed E-state index contributed by atoms with van der Waals surface area (Å²) in [4.78, 5) is 52.3. The monoisotopic (exact) mass is 442 g/mol. The lowest BCUT2D eigenvalue weighted by Gasteiger charge is -2.27. The number of nitrogens with zero attached hydrogens (tertiary/aromatic N) is 1.